The molecule has 0 aliphatic rings. The summed E-state index contributed by atoms with van der Waals surface area (Å²) >= 11 is 18.1. The molecule has 8 heteroatoms. The van der Waals surface area contributed by atoms with Gasteiger partial charge in [0.05, 0.1) is 5.02 Å². The van der Waals surface area contributed by atoms with Gasteiger partial charge in [-0.1, -0.05) is 53.0 Å². The summed E-state index contributed by atoms with van der Waals surface area (Å²) in [7, 11) is 1.51. The maximum Gasteiger partial charge on any atom is 0.261 e. The molecule has 0 saturated carbocycles. The molecule has 27 heavy (non-hydrogen) atoms. The van der Waals surface area contributed by atoms with Gasteiger partial charge >= 0.3 is 0 Å². The minimum atomic E-state index is -0.705. The van der Waals surface area contributed by atoms with E-state index in [0.717, 1.165) is 5.56 Å². The summed E-state index contributed by atoms with van der Waals surface area (Å²) in [6.07, 6.45) is 0. The molecule has 1 atom stereocenters. The van der Waals surface area contributed by atoms with Gasteiger partial charge in [0.1, 0.15) is 11.8 Å². The number of hydrogen-bond acceptors (Lipinski definition) is 3. The van der Waals surface area contributed by atoms with Crippen molar-refractivity contribution in [3.8, 4) is 5.75 Å². The summed E-state index contributed by atoms with van der Waals surface area (Å²) in [6.45, 7) is 1.53. The molecule has 2 aromatic carbocycles. The Morgan fingerprint density at radius 3 is 2.44 bits per heavy atom. The van der Waals surface area contributed by atoms with Crippen LogP contribution < -0.4 is 10.1 Å². The number of nitrogens with zero attached hydrogens (tertiary/aromatic N) is 1. The second kappa shape index (κ2) is 9.83. The van der Waals surface area contributed by atoms with Crippen molar-refractivity contribution in [3.05, 3.63) is 63.1 Å². The lowest BCUT2D eigenvalue weighted by atomic mass is 10.1. The van der Waals surface area contributed by atoms with E-state index in [1.807, 2.05) is 6.07 Å². The molecule has 0 aliphatic carbocycles. The second-order valence-electron chi connectivity index (χ2n) is 5.77. The Hall–Kier alpha value is -1.95. The highest BCUT2D eigenvalue weighted by Gasteiger charge is 2.26. The molecule has 0 spiro atoms. The lowest BCUT2D eigenvalue weighted by molar-refractivity contribution is -0.142. The number of carbonyl (C=O) groups is 2. The average Bonchev–Trinajstić information content (AvgIpc) is 2.65. The Kier molecular flexibility index (Phi) is 7.78. The standard InChI is InChI=1S/C19H19Cl3N2O3/c1-12(19(26)23-2)24(10-13-5-3-4-6-15(13)21)18(25)11-27-17-8-7-14(20)9-16(17)22/h3-9,12H,10-11H2,1-2H3,(H,23,26)/t12-/m0/s1. The zero-order valence-corrected chi connectivity index (χ0v) is 17.1. The summed E-state index contributed by atoms with van der Waals surface area (Å²) in [4.78, 5) is 26.3. The van der Waals surface area contributed by atoms with E-state index in [1.54, 1.807) is 37.3 Å². The van der Waals surface area contributed by atoms with Gasteiger partial charge in [0.15, 0.2) is 6.61 Å². The summed E-state index contributed by atoms with van der Waals surface area (Å²) in [5, 5.41) is 3.83. The fraction of sp³-hybridized carbons (Fsp3) is 0.263. The van der Waals surface area contributed by atoms with Gasteiger partial charge in [-0.3, -0.25) is 9.59 Å². The van der Waals surface area contributed by atoms with E-state index in [2.05, 4.69) is 5.32 Å². The third kappa shape index (κ3) is 5.76. The Bertz CT molecular complexity index is 830. The van der Waals surface area contributed by atoms with E-state index < -0.39 is 6.04 Å². The number of halogens is 3. The second-order valence-corrected chi connectivity index (χ2v) is 7.02. The largest absolute Gasteiger partial charge is 0.482 e. The normalized spacial score (nSPS) is 11.6. The Morgan fingerprint density at radius 2 is 1.81 bits per heavy atom. The number of rotatable bonds is 7. The van der Waals surface area contributed by atoms with Crippen molar-refractivity contribution in [2.45, 2.75) is 19.5 Å². The van der Waals surface area contributed by atoms with Crippen molar-refractivity contribution in [1.82, 2.24) is 10.2 Å². The van der Waals surface area contributed by atoms with Crippen LogP contribution in [0, 0.1) is 0 Å². The minimum absolute atomic E-state index is 0.171. The van der Waals surface area contributed by atoms with Crippen molar-refractivity contribution in [3.63, 3.8) is 0 Å². The fourth-order valence-electron chi connectivity index (χ4n) is 2.42. The number of ether oxygens (including phenoxy) is 1. The average molecular weight is 430 g/mol. The topological polar surface area (TPSA) is 58.6 Å². The van der Waals surface area contributed by atoms with Gasteiger partial charge < -0.3 is 15.0 Å². The first kappa shape index (κ1) is 21.4. The summed E-state index contributed by atoms with van der Waals surface area (Å²) in [6, 6.07) is 11.2. The number of hydrogen-bond donors (Lipinski definition) is 1. The molecule has 0 aliphatic heterocycles. The highest BCUT2D eigenvalue weighted by atomic mass is 35.5. The molecule has 0 saturated heterocycles. The lowest BCUT2D eigenvalue weighted by Crippen LogP contribution is -2.48. The molecule has 2 rings (SSSR count). The van der Waals surface area contributed by atoms with Crippen LogP contribution in [-0.2, 0) is 16.1 Å². The van der Waals surface area contributed by atoms with Crippen molar-refractivity contribution < 1.29 is 14.3 Å². The predicted molar refractivity (Wildman–Crippen MR) is 107 cm³/mol. The molecule has 2 aromatic rings. The van der Waals surface area contributed by atoms with E-state index in [-0.39, 0.29) is 25.0 Å². The van der Waals surface area contributed by atoms with Gasteiger partial charge in [-0.15, -0.1) is 0 Å². The van der Waals surface area contributed by atoms with E-state index in [0.29, 0.717) is 20.8 Å². The van der Waals surface area contributed by atoms with Gasteiger partial charge in [-0.2, -0.15) is 0 Å². The van der Waals surface area contributed by atoms with Crippen LogP contribution in [0.4, 0.5) is 0 Å². The molecule has 0 bridgehead atoms. The van der Waals surface area contributed by atoms with Gasteiger partial charge in [0, 0.05) is 23.6 Å². The molecule has 144 valence electrons. The van der Waals surface area contributed by atoms with Gasteiger partial charge in [-0.05, 0) is 36.8 Å². The number of benzene rings is 2. The highest BCUT2D eigenvalue weighted by molar-refractivity contribution is 6.35. The molecule has 0 unspecified atom stereocenters. The molecular formula is C19H19Cl3N2O3. The molecule has 0 heterocycles. The fourth-order valence-corrected chi connectivity index (χ4v) is 3.07. The summed E-state index contributed by atoms with van der Waals surface area (Å²) < 4.78 is 5.52. The van der Waals surface area contributed by atoms with E-state index in [4.69, 9.17) is 39.5 Å². The van der Waals surface area contributed by atoms with Gasteiger partial charge in [0.25, 0.3) is 5.91 Å². The third-order valence-corrected chi connectivity index (χ3v) is 4.86. The highest BCUT2D eigenvalue weighted by Crippen LogP contribution is 2.27. The molecule has 2 amide bonds. The molecule has 0 radical (unpaired) electrons. The van der Waals surface area contributed by atoms with Crippen molar-refractivity contribution in [1.29, 1.82) is 0 Å². The van der Waals surface area contributed by atoms with Gasteiger partial charge in [0.2, 0.25) is 5.91 Å². The van der Waals surface area contributed by atoms with Crippen LogP contribution in [0.3, 0.4) is 0 Å². The number of nitrogens with one attached hydrogen (secondary N) is 1. The lowest BCUT2D eigenvalue weighted by Gasteiger charge is -2.28. The first-order valence-electron chi connectivity index (χ1n) is 8.15. The van der Waals surface area contributed by atoms with Crippen LogP contribution in [0.15, 0.2) is 42.5 Å². The first-order valence-corrected chi connectivity index (χ1v) is 9.29. The molecule has 5 nitrogen and oxygen atoms in total. The first-order chi connectivity index (χ1) is 12.8. The zero-order chi connectivity index (χ0) is 20.0. The minimum Gasteiger partial charge on any atom is -0.482 e. The van der Waals surface area contributed by atoms with Crippen molar-refractivity contribution in [2.24, 2.45) is 0 Å². The quantitative estimate of drug-likeness (QED) is 0.718. The third-order valence-electron chi connectivity index (χ3n) is 3.96. The molecule has 0 fully saturated rings. The number of carbonyl (C=O) groups excluding carboxylic acids is 2. The SMILES string of the molecule is CNC(=O)[C@H](C)N(Cc1ccccc1Cl)C(=O)COc1ccc(Cl)cc1Cl. The summed E-state index contributed by atoms with van der Waals surface area (Å²) in [5.74, 6) is -0.336. The summed E-state index contributed by atoms with van der Waals surface area (Å²) in [5.41, 5.74) is 0.729. The smallest absolute Gasteiger partial charge is 0.261 e. The maximum atomic E-state index is 12.8. The van der Waals surface area contributed by atoms with Crippen molar-refractivity contribution >= 4 is 46.6 Å². The monoisotopic (exact) mass is 428 g/mol. The Morgan fingerprint density at radius 1 is 1.11 bits per heavy atom. The molecule has 1 N–H and O–H groups in total. The van der Waals surface area contributed by atoms with E-state index >= 15 is 0 Å². The number of amides is 2. The van der Waals surface area contributed by atoms with Crippen LogP contribution in [0.1, 0.15) is 12.5 Å². The van der Waals surface area contributed by atoms with Gasteiger partial charge in [-0.25, -0.2) is 0 Å². The molecular weight excluding hydrogens is 411 g/mol. The molecule has 0 aromatic heterocycles. The Balaban J connectivity index is 2.17. The zero-order valence-electron chi connectivity index (χ0n) is 14.8. The van der Waals surface area contributed by atoms with Crippen LogP contribution in [0.2, 0.25) is 15.1 Å². The van der Waals surface area contributed by atoms with Crippen LogP contribution in [0.5, 0.6) is 5.75 Å². The van der Waals surface area contributed by atoms with Crippen LogP contribution in [-0.4, -0.2) is 36.4 Å². The Labute approximate surface area is 173 Å². The number of likely N-dealkylation sites (N-methyl/N-ethyl adjacent to an activating group) is 1. The maximum absolute atomic E-state index is 12.8. The van der Waals surface area contributed by atoms with E-state index in [9.17, 15) is 9.59 Å². The van der Waals surface area contributed by atoms with Crippen LogP contribution in [0.25, 0.3) is 0 Å². The van der Waals surface area contributed by atoms with Crippen molar-refractivity contribution in [2.75, 3.05) is 13.7 Å². The van der Waals surface area contributed by atoms with Crippen LogP contribution >= 0.6 is 34.8 Å². The predicted octanol–water partition coefficient (Wildman–Crippen LogP) is 4.19. The van der Waals surface area contributed by atoms with E-state index in [1.165, 1.54) is 18.0 Å².